The highest BCUT2D eigenvalue weighted by molar-refractivity contribution is 7.10. The molecule has 0 radical (unpaired) electrons. The van der Waals surface area contributed by atoms with Gasteiger partial charge in [-0.25, -0.2) is 0 Å². The fraction of sp³-hybridized carbons (Fsp3) is 0.773. The number of hydrogen-bond acceptors (Lipinski definition) is 4. The van der Waals surface area contributed by atoms with Crippen LogP contribution in [-0.2, 0) is 0 Å². The zero-order chi connectivity index (χ0) is 19.6. The summed E-state index contributed by atoms with van der Waals surface area (Å²) in [6, 6.07) is 5.00. The number of piperidine rings is 1. The lowest BCUT2D eigenvalue weighted by atomic mass is 9.88. The molecule has 1 aromatic heterocycles. The third-order valence-corrected chi connectivity index (χ3v) is 7.18. The van der Waals surface area contributed by atoms with Gasteiger partial charge in [0.1, 0.15) is 0 Å². The molecule has 2 atom stereocenters. The summed E-state index contributed by atoms with van der Waals surface area (Å²) in [5.74, 6) is 1.59. The van der Waals surface area contributed by atoms with E-state index in [9.17, 15) is 0 Å². The maximum Gasteiger partial charge on any atom is 0.190 e. The van der Waals surface area contributed by atoms with Crippen LogP contribution in [0.3, 0.4) is 0 Å². The van der Waals surface area contributed by atoms with Crippen LogP contribution in [0.4, 0.5) is 0 Å². The predicted molar refractivity (Wildman–Crippen MR) is 121 cm³/mol. The van der Waals surface area contributed by atoms with Gasteiger partial charge >= 0.3 is 0 Å². The van der Waals surface area contributed by atoms with E-state index in [2.05, 4.69) is 50.0 Å². The molecule has 0 aromatic carbocycles. The predicted octanol–water partition coefficient (Wildman–Crippen LogP) is 3.56. The van der Waals surface area contributed by atoms with Gasteiger partial charge in [0.05, 0.1) is 0 Å². The molecular formula is C22H39N5S. The monoisotopic (exact) mass is 405 g/mol. The Balaban J connectivity index is 1.40. The zero-order valence-electron chi connectivity index (χ0n) is 17.8. The molecule has 2 fully saturated rings. The topological polar surface area (TPSA) is 42.9 Å². The first-order valence-corrected chi connectivity index (χ1v) is 12.1. The minimum atomic E-state index is 0.530. The summed E-state index contributed by atoms with van der Waals surface area (Å²) in [5.41, 5.74) is 0. The minimum Gasteiger partial charge on any atom is -0.356 e. The highest BCUT2D eigenvalue weighted by Crippen LogP contribution is 2.36. The van der Waals surface area contributed by atoms with Crippen molar-refractivity contribution in [3.8, 4) is 0 Å². The highest BCUT2D eigenvalue weighted by Gasteiger charge is 2.31. The van der Waals surface area contributed by atoms with Crippen molar-refractivity contribution in [2.24, 2.45) is 10.9 Å². The normalized spacial score (nSPS) is 25.4. The van der Waals surface area contributed by atoms with Gasteiger partial charge in [0.2, 0.25) is 0 Å². The Labute approximate surface area is 175 Å². The first-order valence-electron chi connectivity index (χ1n) is 11.2. The van der Waals surface area contributed by atoms with Gasteiger partial charge in [-0.3, -0.25) is 9.89 Å². The number of nitrogens with one attached hydrogen (secondary N) is 2. The van der Waals surface area contributed by atoms with Crippen molar-refractivity contribution in [3.05, 3.63) is 22.4 Å². The van der Waals surface area contributed by atoms with E-state index in [1.165, 1.54) is 76.0 Å². The fourth-order valence-electron chi connectivity index (χ4n) is 4.70. The van der Waals surface area contributed by atoms with E-state index >= 15 is 0 Å². The number of aliphatic imine (C=N–C) groups is 1. The lowest BCUT2D eigenvalue weighted by molar-refractivity contribution is 0.125. The second kappa shape index (κ2) is 11.8. The summed E-state index contributed by atoms with van der Waals surface area (Å²) < 4.78 is 0. The first-order chi connectivity index (χ1) is 13.8. The van der Waals surface area contributed by atoms with Crippen LogP contribution < -0.4 is 10.6 Å². The molecule has 2 aliphatic heterocycles. The SMILES string of the molecule is CN=C(NCCCN1CCCCCC1)NCC1CCCN(C)C1c1cccs1. The maximum atomic E-state index is 4.45. The Morgan fingerprint density at radius 2 is 1.96 bits per heavy atom. The third kappa shape index (κ3) is 6.46. The van der Waals surface area contributed by atoms with Crippen LogP contribution in [0.5, 0.6) is 0 Å². The summed E-state index contributed by atoms with van der Waals surface area (Å²) in [4.78, 5) is 11.1. The standard InChI is InChI=1S/C22H39N5S/c1-23-22(24-12-9-16-27-14-5-3-4-6-15-27)25-18-19-10-7-13-26(2)21(19)20-11-8-17-28-20/h8,11,17,19,21H,3-7,9-10,12-16,18H2,1-2H3,(H2,23,24,25). The van der Waals surface area contributed by atoms with Crippen LogP contribution in [0, 0.1) is 5.92 Å². The molecule has 0 spiro atoms. The van der Waals surface area contributed by atoms with E-state index < -0.39 is 0 Å². The van der Waals surface area contributed by atoms with Crippen molar-refractivity contribution < 1.29 is 0 Å². The molecule has 0 bridgehead atoms. The first kappa shape index (κ1) is 21.6. The molecule has 0 amide bonds. The molecule has 3 rings (SSSR count). The number of guanidine groups is 1. The average Bonchev–Trinajstić information content (AvgIpc) is 3.10. The smallest absolute Gasteiger partial charge is 0.190 e. The molecule has 158 valence electrons. The van der Waals surface area contributed by atoms with Crippen molar-refractivity contribution in [2.75, 3.05) is 53.4 Å². The Morgan fingerprint density at radius 3 is 2.68 bits per heavy atom. The van der Waals surface area contributed by atoms with Crippen molar-refractivity contribution in [2.45, 2.75) is 51.0 Å². The average molecular weight is 406 g/mol. The molecule has 2 saturated heterocycles. The molecule has 2 unspecified atom stereocenters. The van der Waals surface area contributed by atoms with Gasteiger partial charge in [-0.05, 0) is 82.7 Å². The van der Waals surface area contributed by atoms with Crippen molar-refractivity contribution in [1.29, 1.82) is 0 Å². The second-order valence-corrected chi connectivity index (χ2v) is 9.31. The van der Waals surface area contributed by atoms with E-state index in [1.54, 1.807) is 0 Å². The van der Waals surface area contributed by atoms with Gasteiger partial charge in [0.25, 0.3) is 0 Å². The minimum absolute atomic E-state index is 0.530. The van der Waals surface area contributed by atoms with Crippen LogP contribution in [0.2, 0.25) is 0 Å². The molecule has 28 heavy (non-hydrogen) atoms. The van der Waals surface area contributed by atoms with E-state index in [0.717, 1.165) is 19.0 Å². The third-order valence-electron chi connectivity index (χ3n) is 6.24. The molecule has 5 nitrogen and oxygen atoms in total. The van der Waals surface area contributed by atoms with E-state index in [4.69, 9.17) is 0 Å². The molecule has 6 heteroatoms. The number of thiophene rings is 1. The molecule has 2 aliphatic rings. The van der Waals surface area contributed by atoms with Gasteiger partial charge in [0, 0.05) is 31.1 Å². The van der Waals surface area contributed by atoms with Crippen molar-refractivity contribution in [3.63, 3.8) is 0 Å². The molecular weight excluding hydrogens is 366 g/mol. The van der Waals surface area contributed by atoms with E-state index in [0.29, 0.717) is 12.0 Å². The van der Waals surface area contributed by atoms with Crippen LogP contribution in [0.1, 0.15) is 55.9 Å². The molecule has 0 aliphatic carbocycles. The Kier molecular flexibility index (Phi) is 9.09. The lowest BCUT2D eigenvalue weighted by Crippen LogP contribution is -2.45. The van der Waals surface area contributed by atoms with Gasteiger partial charge in [-0.15, -0.1) is 11.3 Å². The summed E-state index contributed by atoms with van der Waals surface area (Å²) in [6.07, 6.45) is 9.32. The fourth-order valence-corrected chi connectivity index (χ4v) is 5.68. The van der Waals surface area contributed by atoms with Crippen LogP contribution in [-0.4, -0.2) is 69.1 Å². The molecule has 0 saturated carbocycles. The number of hydrogen-bond donors (Lipinski definition) is 2. The molecule has 1 aromatic rings. The molecule has 3 heterocycles. The number of likely N-dealkylation sites (tertiary alicyclic amines) is 2. The van der Waals surface area contributed by atoms with Crippen LogP contribution in [0.15, 0.2) is 22.5 Å². The van der Waals surface area contributed by atoms with Gasteiger partial charge in [0.15, 0.2) is 5.96 Å². The Bertz CT molecular complexity index is 565. The number of nitrogens with zero attached hydrogens (tertiary/aromatic N) is 3. The van der Waals surface area contributed by atoms with Crippen molar-refractivity contribution >= 4 is 17.3 Å². The second-order valence-electron chi connectivity index (χ2n) is 8.33. The lowest BCUT2D eigenvalue weighted by Gasteiger charge is -2.39. The van der Waals surface area contributed by atoms with E-state index in [-0.39, 0.29) is 0 Å². The number of rotatable bonds is 7. The summed E-state index contributed by atoms with van der Waals surface area (Å²) in [6.45, 7) is 6.95. The maximum absolute atomic E-state index is 4.45. The largest absolute Gasteiger partial charge is 0.356 e. The summed E-state index contributed by atoms with van der Waals surface area (Å²) in [7, 11) is 4.15. The Morgan fingerprint density at radius 1 is 1.14 bits per heavy atom. The van der Waals surface area contributed by atoms with Gasteiger partial charge in [-0.1, -0.05) is 18.9 Å². The zero-order valence-corrected chi connectivity index (χ0v) is 18.6. The molecule has 2 N–H and O–H groups in total. The Hall–Kier alpha value is -1.11. The summed E-state index contributed by atoms with van der Waals surface area (Å²) >= 11 is 1.89. The quantitative estimate of drug-likeness (QED) is 0.413. The van der Waals surface area contributed by atoms with E-state index in [1.807, 2.05) is 18.4 Å². The van der Waals surface area contributed by atoms with Crippen LogP contribution >= 0.6 is 11.3 Å². The van der Waals surface area contributed by atoms with Crippen molar-refractivity contribution in [1.82, 2.24) is 20.4 Å². The van der Waals surface area contributed by atoms with Gasteiger partial charge < -0.3 is 15.5 Å². The van der Waals surface area contributed by atoms with Gasteiger partial charge in [-0.2, -0.15) is 0 Å². The van der Waals surface area contributed by atoms with Crippen LogP contribution in [0.25, 0.3) is 0 Å². The highest BCUT2D eigenvalue weighted by atomic mass is 32.1. The summed E-state index contributed by atoms with van der Waals surface area (Å²) in [5, 5.41) is 9.33.